The maximum absolute atomic E-state index is 13.5. The monoisotopic (exact) mass is 362 g/mol. The van der Waals surface area contributed by atoms with E-state index in [1.54, 1.807) is 30.0 Å². The number of halogens is 1. The highest BCUT2D eigenvalue weighted by Gasteiger charge is 2.17. The van der Waals surface area contributed by atoms with Crippen molar-refractivity contribution in [3.63, 3.8) is 0 Å². The van der Waals surface area contributed by atoms with E-state index < -0.39 is 23.7 Å². The van der Waals surface area contributed by atoms with Crippen molar-refractivity contribution >= 4 is 23.6 Å². The van der Waals surface area contributed by atoms with Crippen molar-refractivity contribution in [1.29, 1.82) is 0 Å². The van der Waals surface area contributed by atoms with Crippen LogP contribution in [-0.4, -0.2) is 24.2 Å². The van der Waals surface area contributed by atoms with Gasteiger partial charge in [-0.2, -0.15) is 11.8 Å². The lowest BCUT2D eigenvalue weighted by Gasteiger charge is -2.15. The molecule has 1 atom stereocenters. The lowest BCUT2D eigenvalue weighted by atomic mass is 10.1. The van der Waals surface area contributed by atoms with Gasteiger partial charge in [0.25, 0.3) is 11.8 Å². The van der Waals surface area contributed by atoms with Gasteiger partial charge in [0.15, 0.2) is 17.7 Å². The van der Waals surface area contributed by atoms with Gasteiger partial charge in [0.2, 0.25) is 0 Å². The van der Waals surface area contributed by atoms with Gasteiger partial charge in [-0.25, -0.2) is 4.39 Å². The molecule has 0 aliphatic heterocycles. The second kappa shape index (κ2) is 9.08. The Morgan fingerprint density at radius 2 is 1.80 bits per heavy atom. The van der Waals surface area contributed by atoms with Crippen molar-refractivity contribution < 1.29 is 18.7 Å². The van der Waals surface area contributed by atoms with Crippen LogP contribution in [0.15, 0.2) is 48.5 Å². The molecule has 0 aliphatic rings. The number of carbonyl (C=O) groups excluding carboxylic acids is 2. The normalized spacial score (nSPS) is 11.5. The summed E-state index contributed by atoms with van der Waals surface area (Å²) in [6.07, 6.45) is 1.03. The zero-order valence-corrected chi connectivity index (χ0v) is 14.7. The molecule has 0 aromatic heterocycles. The van der Waals surface area contributed by atoms with Crippen molar-refractivity contribution in [3.8, 4) is 5.75 Å². The summed E-state index contributed by atoms with van der Waals surface area (Å²) in [6.45, 7) is 1.46. The molecule has 0 fully saturated rings. The van der Waals surface area contributed by atoms with E-state index in [2.05, 4.69) is 10.9 Å². The van der Waals surface area contributed by atoms with Crippen molar-refractivity contribution in [3.05, 3.63) is 65.5 Å². The first-order valence-corrected chi connectivity index (χ1v) is 9.00. The van der Waals surface area contributed by atoms with E-state index in [4.69, 9.17) is 4.74 Å². The van der Waals surface area contributed by atoms with Gasteiger partial charge in [-0.1, -0.05) is 24.3 Å². The van der Waals surface area contributed by atoms with E-state index in [0.717, 1.165) is 11.3 Å². The van der Waals surface area contributed by atoms with Crippen LogP contribution in [-0.2, 0) is 10.5 Å². The van der Waals surface area contributed by atoms with Crippen molar-refractivity contribution in [2.75, 3.05) is 6.26 Å². The molecule has 132 valence electrons. The zero-order valence-electron chi connectivity index (χ0n) is 13.9. The molecule has 0 saturated heterocycles. The first-order valence-electron chi connectivity index (χ1n) is 7.60. The molecule has 7 heteroatoms. The predicted molar refractivity (Wildman–Crippen MR) is 95.8 cm³/mol. The summed E-state index contributed by atoms with van der Waals surface area (Å²) >= 11 is 1.69. The molecule has 0 unspecified atom stereocenters. The smallest absolute Gasteiger partial charge is 0.279 e. The summed E-state index contributed by atoms with van der Waals surface area (Å²) in [5.74, 6) is -0.751. The summed E-state index contributed by atoms with van der Waals surface area (Å²) in [6, 6.07) is 12.9. The average molecular weight is 362 g/mol. The molecular weight excluding hydrogens is 343 g/mol. The molecule has 2 rings (SSSR count). The standard InChI is InChI=1S/C18H19FN2O3S/c1-12(24-16-6-4-3-5-15(16)19)17(22)20-21-18(23)14-9-7-13(8-10-14)11-25-2/h3-10,12H,11H2,1-2H3,(H,20,22)(H,21,23)/t12-/m1/s1. The highest BCUT2D eigenvalue weighted by molar-refractivity contribution is 7.97. The van der Waals surface area contributed by atoms with Crippen LogP contribution >= 0.6 is 11.8 Å². The largest absolute Gasteiger partial charge is 0.478 e. The second-order valence-electron chi connectivity index (χ2n) is 5.26. The molecule has 0 radical (unpaired) electrons. The number of ether oxygens (including phenoxy) is 1. The van der Waals surface area contributed by atoms with Gasteiger partial charge in [0, 0.05) is 11.3 Å². The second-order valence-corrected chi connectivity index (χ2v) is 6.13. The lowest BCUT2D eigenvalue weighted by Crippen LogP contribution is -2.47. The van der Waals surface area contributed by atoms with Crippen molar-refractivity contribution in [1.82, 2.24) is 10.9 Å². The Kier molecular flexibility index (Phi) is 6.82. The van der Waals surface area contributed by atoms with Gasteiger partial charge in [-0.15, -0.1) is 0 Å². The number of hydrogen-bond acceptors (Lipinski definition) is 4. The van der Waals surface area contributed by atoms with E-state index in [-0.39, 0.29) is 5.75 Å². The number of hydrogen-bond donors (Lipinski definition) is 2. The maximum atomic E-state index is 13.5. The third-order valence-corrected chi connectivity index (χ3v) is 3.96. The van der Waals surface area contributed by atoms with Gasteiger partial charge >= 0.3 is 0 Å². The molecule has 25 heavy (non-hydrogen) atoms. The first-order chi connectivity index (χ1) is 12.0. The number of benzene rings is 2. The Bertz CT molecular complexity index is 737. The Labute approximate surface area is 149 Å². The fourth-order valence-electron chi connectivity index (χ4n) is 2.00. The quantitative estimate of drug-likeness (QED) is 0.776. The molecule has 2 N–H and O–H groups in total. The van der Waals surface area contributed by atoms with Gasteiger partial charge < -0.3 is 4.74 Å². The van der Waals surface area contributed by atoms with E-state index in [9.17, 15) is 14.0 Å². The Morgan fingerprint density at radius 3 is 2.44 bits per heavy atom. The highest BCUT2D eigenvalue weighted by Crippen LogP contribution is 2.17. The fourth-order valence-corrected chi connectivity index (χ4v) is 2.52. The maximum Gasteiger partial charge on any atom is 0.279 e. The number of nitrogens with one attached hydrogen (secondary N) is 2. The number of amides is 2. The molecular formula is C18H19FN2O3S. The molecule has 5 nitrogen and oxygen atoms in total. The highest BCUT2D eigenvalue weighted by atomic mass is 32.2. The Morgan fingerprint density at radius 1 is 1.12 bits per heavy atom. The number of carbonyl (C=O) groups is 2. The zero-order chi connectivity index (χ0) is 18.2. The minimum Gasteiger partial charge on any atom is -0.478 e. The Balaban J connectivity index is 1.86. The number of thioether (sulfide) groups is 1. The topological polar surface area (TPSA) is 67.4 Å². The third-order valence-electron chi connectivity index (χ3n) is 3.34. The third kappa shape index (κ3) is 5.49. The average Bonchev–Trinajstić information content (AvgIpc) is 2.62. The van der Waals surface area contributed by atoms with Crippen molar-refractivity contribution in [2.24, 2.45) is 0 Å². The van der Waals surface area contributed by atoms with Gasteiger partial charge in [-0.05, 0) is 43.0 Å². The number of hydrazine groups is 1. The van der Waals surface area contributed by atoms with Gasteiger partial charge in [0.05, 0.1) is 0 Å². The molecule has 2 amide bonds. The van der Waals surface area contributed by atoms with Crippen LogP contribution in [0, 0.1) is 5.82 Å². The SMILES string of the molecule is CSCc1ccc(C(=O)NNC(=O)[C@@H](C)Oc2ccccc2F)cc1. The summed E-state index contributed by atoms with van der Waals surface area (Å²) in [5.41, 5.74) is 6.12. The van der Waals surface area contributed by atoms with Crippen LogP contribution in [0.3, 0.4) is 0 Å². The van der Waals surface area contributed by atoms with E-state index in [1.807, 2.05) is 18.4 Å². The fraction of sp³-hybridized carbons (Fsp3) is 0.222. The van der Waals surface area contributed by atoms with Crippen LogP contribution in [0.2, 0.25) is 0 Å². The molecule has 0 saturated carbocycles. The van der Waals surface area contributed by atoms with Crippen LogP contribution in [0.1, 0.15) is 22.8 Å². The summed E-state index contributed by atoms with van der Waals surface area (Å²) < 4.78 is 18.8. The van der Waals surface area contributed by atoms with Crippen molar-refractivity contribution in [2.45, 2.75) is 18.8 Å². The first kappa shape index (κ1) is 18.8. The molecule has 0 bridgehead atoms. The summed E-state index contributed by atoms with van der Waals surface area (Å²) in [5, 5.41) is 0. The van der Waals surface area contributed by atoms with Gasteiger partial charge in [-0.3, -0.25) is 20.4 Å². The Hall–Kier alpha value is -2.54. The van der Waals surface area contributed by atoms with E-state index in [1.165, 1.54) is 25.1 Å². The number of rotatable bonds is 6. The minimum atomic E-state index is -0.971. The van der Waals surface area contributed by atoms with Crippen LogP contribution in [0.25, 0.3) is 0 Å². The molecule has 2 aromatic carbocycles. The van der Waals surface area contributed by atoms with Crippen LogP contribution in [0.5, 0.6) is 5.75 Å². The van der Waals surface area contributed by atoms with Crippen LogP contribution in [0.4, 0.5) is 4.39 Å². The lowest BCUT2D eigenvalue weighted by molar-refractivity contribution is -0.128. The summed E-state index contributed by atoms with van der Waals surface area (Å²) in [4.78, 5) is 24.0. The molecule has 0 aliphatic carbocycles. The molecule has 2 aromatic rings. The van der Waals surface area contributed by atoms with Gasteiger partial charge in [0.1, 0.15) is 0 Å². The summed E-state index contributed by atoms with van der Waals surface area (Å²) in [7, 11) is 0. The van der Waals surface area contributed by atoms with Crippen LogP contribution < -0.4 is 15.6 Å². The van der Waals surface area contributed by atoms with E-state index in [0.29, 0.717) is 5.56 Å². The molecule has 0 heterocycles. The number of para-hydroxylation sites is 1. The predicted octanol–water partition coefficient (Wildman–Crippen LogP) is 2.92. The van der Waals surface area contributed by atoms with E-state index >= 15 is 0 Å². The molecule has 0 spiro atoms. The minimum absolute atomic E-state index is 0.0270.